The average Bonchev–Trinajstić information content (AvgIpc) is 2.85. The third-order valence-electron chi connectivity index (χ3n) is 2.98. The van der Waals surface area contributed by atoms with Gasteiger partial charge in [0.15, 0.2) is 0 Å². The van der Waals surface area contributed by atoms with Gasteiger partial charge < -0.3 is 5.11 Å². The molecule has 0 saturated heterocycles. The van der Waals surface area contributed by atoms with Crippen LogP contribution in [0.1, 0.15) is 15.2 Å². The largest absolute Gasteiger partial charge is 0.506 e. The minimum atomic E-state index is -0.285. The van der Waals surface area contributed by atoms with Crippen molar-refractivity contribution in [3.8, 4) is 5.75 Å². The third kappa shape index (κ3) is 2.78. The maximum atomic E-state index is 11.8. The Balaban J connectivity index is 1.76. The second-order valence-corrected chi connectivity index (χ2v) is 5.46. The van der Waals surface area contributed by atoms with Gasteiger partial charge in [-0.05, 0) is 24.3 Å². The Labute approximate surface area is 125 Å². The number of carbonyl (C=O) groups is 1. The molecule has 0 unspecified atom stereocenters. The molecule has 3 aromatic rings. The van der Waals surface area contributed by atoms with Crippen LogP contribution < -0.4 is 5.43 Å². The number of hydrazone groups is 1. The van der Waals surface area contributed by atoms with E-state index in [1.807, 2.05) is 30.3 Å². The molecule has 0 aliphatic carbocycles. The molecular formula is C16H12N2O2S. The molecule has 0 fully saturated rings. The lowest BCUT2D eigenvalue weighted by Gasteiger charge is -1.98. The van der Waals surface area contributed by atoms with Gasteiger partial charge in [0, 0.05) is 15.6 Å². The summed E-state index contributed by atoms with van der Waals surface area (Å²) in [7, 11) is 0. The Kier molecular flexibility index (Phi) is 3.66. The smallest absolute Gasteiger partial charge is 0.271 e. The summed E-state index contributed by atoms with van der Waals surface area (Å²) in [6, 6.07) is 16.4. The molecule has 0 bridgehead atoms. The molecule has 0 radical (unpaired) electrons. The molecule has 5 heteroatoms. The summed E-state index contributed by atoms with van der Waals surface area (Å²) in [4.78, 5) is 12.4. The Bertz CT molecular complexity index is 810. The van der Waals surface area contributed by atoms with Crippen LogP contribution >= 0.6 is 11.3 Å². The van der Waals surface area contributed by atoms with E-state index in [0.717, 1.165) is 10.1 Å². The van der Waals surface area contributed by atoms with Crippen LogP contribution in [-0.4, -0.2) is 17.2 Å². The Morgan fingerprint density at radius 2 is 1.81 bits per heavy atom. The molecule has 1 amide bonds. The fourth-order valence-corrected chi connectivity index (χ4v) is 2.91. The molecule has 1 heterocycles. The number of nitrogens with one attached hydrogen (secondary N) is 1. The van der Waals surface area contributed by atoms with E-state index in [1.54, 1.807) is 24.3 Å². The van der Waals surface area contributed by atoms with E-state index in [0.29, 0.717) is 10.4 Å². The number of aromatic hydroxyl groups is 1. The van der Waals surface area contributed by atoms with Crippen molar-refractivity contribution in [2.45, 2.75) is 0 Å². The normalized spacial score (nSPS) is 11.0. The summed E-state index contributed by atoms with van der Waals surface area (Å²) in [6.07, 6.45) is 1.46. The second-order valence-electron chi connectivity index (χ2n) is 4.38. The van der Waals surface area contributed by atoms with Crippen LogP contribution in [-0.2, 0) is 0 Å². The first kappa shape index (κ1) is 13.3. The van der Waals surface area contributed by atoms with Crippen molar-refractivity contribution in [2.24, 2.45) is 5.10 Å². The standard InChI is InChI=1S/C16H12N2O2S/c19-15-12-8-4-5-9-13(12)21-14(15)10-17-18-16(20)11-6-2-1-3-7-11/h1-10,19H,(H,18,20)/b17-10-. The molecule has 21 heavy (non-hydrogen) atoms. The van der Waals surface area contributed by atoms with E-state index in [9.17, 15) is 9.90 Å². The molecule has 1 aromatic heterocycles. The van der Waals surface area contributed by atoms with Crippen molar-refractivity contribution in [3.05, 3.63) is 65.0 Å². The van der Waals surface area contributed by atoms with Gasteiger partial charge in [-0.25, -0.2) is 5.43 Å². The zero-order chi connectivity index (χ0) is 14.7. The van der Waals surface area contributed by atoms with Gasteiger partial charge in [-0.15, -0.1) is 11.3 Å². The van der Waals surface area contributed by atoms with Crippen molar-refractivity contribution in [1.82, 2.24) is 5.43 Å². The molecule has 0 aliphatic rings. The molecule has 0 aliphatic heterocycles. The van der Waals surface area contributed by atoms with Gasteiger partial charge in [0.1, 0.15) is 5.75 Å². The first-order chi connectivity index (χ1) is 10.3. The second kappa shape index (κ2) is 5.76. The molecule has 0 spiro atoms. The van der Waals surface area contributed by atoms with Gasteiger partial charge in [-0.1, -0.05) is 30.3 Å². The van der Waals surface area contributed by atoms with Crippen molar-refractivity contribution in [2.75, 3.05) is 0 Å². The summed E-state index contributed by atoms with van der Waals surface area (Å²) in [5, 5.41) is 14.8. The summed E-state index contributed by atoms with van der Waals surface area (Å²) < 4.78 is 0.978. The summed E-state index contributed by atoms with van der Waals surface area (Å²) >= 11 is 1.42. The van der Waals surface area contributed by atoms with E-state index in [1.165, 1.54) is 17.6 Å². The van der Waals surface area contributed by atoms with Crippen LogP contribution in [0.15, 0.2) is 59.7 Å². The zero-order valence-corrected chi connectivity index (χ0v) is 11.8. The minimum Gasteiger partial charge on any atom is -0.506 e. The molecule has 2 aromatic carbocycles. The van der Waals surface area contributed by atoms with Crippen LogP contribution in [0.25, 0.3) is 10.1 Å². The highest BCUT2D eigenvalue weighted by Crippen LogP contribution is 2.35. The maximum absolute atomic E-state index is 11.8. The van der Waals surface area contributed by atoms with Crippen LogP contribution in [0.5, 0.6) is 5.75 Å². The van der Waals surface area contributed by atoms with Crippen LogP contribution in [0.2, 0.25) is 0 Å². The highest BCUT2D eigenvalue weighted by Gasteiger charge is 2.08. The fourth-order valence-electron chi connectivity index (χ4n) is 1.94. The number of nitrogens with zero attached hydrogens (tertiary/aromatic N) is 1. The molecule has 0 atom stereocenters. The zero-order valence-electron chi connectivity index (χ0n) is 11.0. The topological polar surface area (TPSA) is 61.7 Å². The Morgan fingerprint density at radius 3 is 2.57 bits per heavy atom. The quantitative estimate of drug-likeness (QED) is 0.575. The van der Waals surface area contributed by atoms with Crippen molar-refractivity contribution < 1.29 is 9.90 Å². The number of fused-ring (bicyclic) bond motifs is 1. The van der Waals surface area contributed by atoms with E-state index >= 15 is 0 Å². The number of carbonyl (C=O) groups excluding carboxylic acids is 1. The number of amides is 1. The van der Waals surface area contributed by atoms with Gasteiger partial charge in [0.25, 0.3) is 5.91 Å². The summed E-state index contributed by atoms with van der Waals surface area (Å²) in [5.74, 6) is -0.0965. The predicted octanol–water partition coefficient (Wildman–Crippen LogP) is 3.37. The van der Waals surface area contributed by atoms with Gasteiger partial charge in [-0.2, -0.15) is 5.10 Å². The lowest BCUT2D eigenvalue weighted by molar-refractivity contribution is 0.0955. The molecule has 2 N–H and O–H groups in total. The van der Waals surface area contributed by atoms with Crippen LogP contribution in [0.4, 0.5) is 0 Å². The van der Waals surface area contributed by atoms with Gasteiger partial charge >= 0.3 is 0 Å². The van der Waals surface area contributed by atoms with Gasteiger partial charge in [0.05, 0.1) is 11.1 Å². The SMILES string of the molecule is O=C(N/N=C\c1sc2ccccc2c1O)c1ccccc1. The van der Waals surface area contributed by atoms with E-state index in [4.69, 9.17) is 0 Å². The van der Waals surface area contributed by atoms with Crippen molar-refractivity contribution in [3.63, 3.8) is 0 Å². The van der Waals surface area contributed by atoms with Crippen LogP contribution in [0.3, 0.4) is 0 Å². The van der Waals surface area contributed by atoms with E-state index in [-0.39, 0.29) is 11.7 Å². The minimum absolute atomic E-state index is 0.188. The summed E-state index contributed by atoms with van der Waals surface area (Å²) in [6.45, 7) is 0. The van der Waals surface area contributed by atoms with E-state index < -0.39 is 0 Å². The lowest BCUT2D eigenvalue weighted by atomic mass is 10.2. The molecular weight excluding hydrogens is 284 g/mol. The number of hydrogen-bond donors (Lipinski definition) is 2. The van der Waals surface area contributed by atoms with Crippen molar-refractivity contribution in [1.29, 1.82) is 0 Å². The van der Waals surface area contributed by atoms with Crippen molar-refractivity contribution >= 4 is 33.5 Å². The highest BCUT2D eigenvalue weighted by molar-refractivity contribution is 7.21. The number of hydrogen-bond acceptors (Lipinski definition) is 4. The lowest BCUT2D eigenvalue weighted by Crippen LogP contribution is -2.17. The molecule has 0 saturated carbocycles. The predicted molar refractivity (Wildman–Crippen MR) is 85.0 cm³/mol. The monoisotopic (exact) mass is 296 g/mol. The maximum Gasteiger partial charge on any atom is 0.271 e. The number of rotatable bonds is 3. The molecule has 104 valence electrons. The highest BCUT2D eigenvalue weighted by atomic mass is 32.1. The Hall–Kier alpha value is -2.66. The number of thiophene rings is 1. The number of benzene rings is 2. The van der Waals surface area contributed by atoms with Gasteiger partial charge in [-0.3, -0.25) is 4.79 Å². The average molecular weight is 296 g/mol. The summed E-state index contributed by atoms with van der Waals surface area (Å²) in [5.41, 5.74) is 2.98. The molecule has 4 nitrogen and oxygen atoms in total. The Morgan fingerprint density at radius 1 is 1.10 bits per heavy atom. The first-order valence-electron chi connectivity index (χ1n) is 6.34. The molecule has 3 rings (SSSR count). The third-order valence-corrected chi connectivity index (χ3v) is 4.07. The van der Waals surface area contributed by atoms with Crippen LogP contribution in [0, 0.1) is 0 Å². The fraction of sp³-hybridized carbons (Fsp3) is 0. The van der Waals surface area contributed by atoms with E-state index in [2.05, 4.69) is 10.5 Å². The first-order valence-corrected chi connectivity index (χ1v) is 7.16. The van der Waals surface area contributed by atoms with Gasteiger partial charge in [0.2, 0.25) is 0 Å².